The van der Waals surface area contributed by atoms with Gasteiger partial charge in [-0.25, -0.2) is 4.39 Å². The Balaban J connectivity index is 1.60. The Kier molecular flexibility index (Phi) is 6.51. The molecule has 4 nitrogen and oxygen atoms in total. The van der Waals surface area contributed by atoms with E-state index in [2.05, 4.69) is 6.58 Å². The van der Waals surface area contributed by atoms with Crippen molar-refractivity contribution in [1.82, 2.24) is 9.80 Å². The standard InChI is InChI=1S/C26H25FN2O2S/c1-3-14-28(26(31)20-6-4-18(2)5-7-20)17-24(30)29-15-12-23-22(13-16-32-23)25(29)19-8-10-21(27)11-9-19/h3-11,13,16,25H,1,12,14-15,17H2,2H3. The Bertz CT molecular complexity index is 1120. The Morgan fingerprint density at radius 2 is 1.88 bits per heavy atom. The molecule has 1 unspecified atom stereocenters. The number of fused-ring (bicyclic) bond motifs is 1. The first kappa shape index (κ1) is 22.0. The first-order valence-electron chi connectivity index (χ1n) is 10.6. The van der Waals surface area contributed by atoms with Crippen LogP contribution in [0.4, 0.5) is 4.39 Å². The van der Waals surface area contributed by atoms with Gasteiger partial charge in [0.15, 0.2) is 0 Å². The van der Waals surface area contributed by atoms with Gasteiger partial charge in [-0.05, 0) is 60.2 Å². The Morgan fingerprint density at radius 1 is 1.16 bits per heavy atom. The van der Waals surface area contributed by atoms with Crippen LogP contribution in [0.1, 0.15) is 38.0 Å². The van der Waals surface area contributed by atoms with Crippen molar-refractivity contribution >= 4 is 23.2 Å². The summed E-state index contributed by atoms with van der Waals surface area (Å²) < 4.78 is 13.5. The number of hydrogen-bond acceptors (Lipinski definition) is 3. The monoisotopic (exact) mass is 448 g/mol. The van der Waals surface area contributed by atoms with Crippen molar-refractivity contribution < 1.29 is 14.0 Å². The zero-order valence-corrected chi connectivity index (χ0v) is 18.8. The second-order valence-corrected chi connectivity index (χ2v) is 8.93. The van der Waals surface area contributed by atoms with Crippen molar-refractivity contribution in [1.29, 1.82) is 0 Å². The molecule has 1 aliphatic heterocycles. The highest BCUT2D eigenvalue weighted by Gasteiger charge is 2.34. The van der Waals surface area contributed by atoms with Crippen LogP contribution in [0.2, 0.25) is 0 Å². The van der Waals surface area contributed by atoms with Crippen molar-refractivity contribution in [3.63, 3.8) is 0 Å². The quantitative estimate of drug-likeness (QED) is 0.498. The van der Waals surface area contributed by atoms with Gasteiger partial charge in [0.05, 0.1) is 6.04 Å². The second-order valence-electron chi connectivity index (χ2n) is 7.93. The molecular weight excluding hydrogens is 423 g/mol. The van der Waals surface area contributed by atoms with Gasteiger partial charge in [0, 0.05) is 23.5 Å². The predicted octanol–water partition coefficient (Wildman–Crippen LogP) is 5.00. The van der Waals surface area contributed by atoms with E-state index >= 15 is 0 Å². The average Bonchev–Trinajstić information content (AvgIpc) is 3.28. The van der Waals surface area contributed by atoms with Crippen molar-refractivity contribution in [3.8, 4) is 0 Å². The molecule has 2 amide bonds. The molecule has 0 N–H and O–H groups in total. The summed E-state index contributed by atoms with van der Waals surface area (Å²) in [6.07, 6.45) is 2.40. The molecule has 2 aromatic carbocycles. The van der Waals surface area contributed by atoms with Crippen molar-refractivity contribution in [2.24, 2.45) is 0 Å². The second kappa shape index (κ2) is 9.49. The maximum Gasteiger partial charge on any atom is 0.254 e. The molecular formula is C26H25FN2O2S. The Labute approximate surface area is 191 Å². The molecule has 0 bridgehead atoms. The van der Waals surface area contributed by atoms with Gasteiger partial charge in [-0.2, -0.15) is 0 Å². The summed E-state index contributed by atoms with van der Waals surface area (Å²) in [5.41, 5.74) is 3.54. The van der Waals surface area contributed by atoms with Crippen LogP contribution < -0.4 is 0 Å². The number of amides is 2. The normalized spacial score (nSPS) is 15.2. The molecule has 6 heteroatoms. The van der Waals surface area contributed by atoms with E-state index in [0.29, 0.717) is 12.1 Å². The van der Waals surface area contributed by atoms with Gasteiger partial charge in [-0.1, -0.05) is 35.9 Å². The molecule has 0 fully saturated rings. The van der Waals surface area contributed by atoms with Gasteiger partial charge >= 0.3 is 0 Å². The number of carbonyl (C=O) groups is 2. The summed E-state index contributed by atoms with van der Waals surface area (Å²) in [5, 5.41) is 2.03. The summed E-state index contributed by atoms with van der Waals surface area (Å²) in [5.74, 6) is -0.655. The summed E-state index contributed by atoms with van der Waals surface area (Å²) in [6, 6.07) is 15.4. The lowest BCUT2D eigenvalue weighted by Gasteiger charge is -2.37. The first-order chi connectivity index (χ1) is 15.5. The third-order valence-electron chi connectivity index (χ3n) is 5.73. The Hall–Kier alpha value is -3.25. The van der Waals surface area contributed by atoms with E-state index in [1.54, 1.807) is 46.6 Å². The van der Waals surface area contributed by atoms with Crippen LogP contribution in [-0.4, -0.2) is 41.2 Å². The molecule has 3 aromatic rings. The summed E-state index contributed by atoms with van der Waals surface area (Å²) in [4.78, 5) is 31.1. The maximum atomic E-state index is 13.5. The molecule has 2 heterocycles. The van der Waals surface area contributed by atoms with E-state index in [-0.39, 0.29) is 36.8 Å². The zero-order valence-electron chi connectivity index (χ0n) is 18.0. The maximum absolute atomic E-state index is 13.5. The molecule has 0 spiro atoms. The first-order valence-corrected chi connectivity index (χ1v) is 11.4. The van der Waals surface area contributed by atoms with Crippen LogP contribution in [0.25, 0.3) is 0 Å². The molecule has 1 aliphatic rings. The molecule has 0 aliphatic carbocycles. The van der Waals surface area contributed by atoms with E-state index in [9.17, 15) is 14.0 Å². The van der Waals surface area contributed by atoms with Crippen molar-refractivity contribution in [2.75, 3.05) is 19.6 Å². The molecule has 0 radical (unpaired) electrons. The third kappa shape index (κ3) is 4.50. The number of hydrogen-bond donors (Lipinski definition) is 0. The van der Waals surface area contributed by atoms with Gasteiger partial charge in [0.1, 0.15) is 12.4 Å². The summed E-state index contributed by atoms with van der Waals surface area (Å²) in [6.45, 7) is 6.49. The van der Waals surface area contributed by atoms with Crippen LogP contribution in [0, 0.1) is 12.7 Å². The molecule has 0 saturated carbocycles. The molecule has 164 valence electrons. The van der Waals surface area contributed by atoms with Gasteiger partial charge in [-0.15, -0.1) is 17.9 Å². The van der Waals surface area contributed by atoms with Gasteiger partial charge < -0.3 is 9.80 Å². The summed E-state index contributed by atoms with van der Waals surface area (Å²) >= 11 is 1.68. The lowest BCUT2D eigenvalue weighted by atomic mass is 9.93. The fourth-order valence-corrected chi connectivity index (χ4v) is 5.00. The predicted molar refractivity (Wildman–Crippen MR) is 125 cm³/mol. The molecule has 0 saturated heterocycles. The minimum Gasteiger partial charge on any atom is -0.330 e. The number of carbonyl (C=O) groups excluding carboxylic acids is 2. The van der Waals surface area contributed by atoms with Gasteiger partial charge in [0.2, 0.25) is 5.91 Å². The Morgan fingerprint density at radius 3 is 2.56 bits per heavy atom. The highest BCUT2D eigenvalue weighted by atomic mass is 32.1. The van der Waals surface area contributed by atoms with E-state index in [1.165, 1.54) is 21.9 Å². The van der Waals surface area contributed by atoms with E-state index in [0.717, 1.165) is 23.1 Å². The molecule has 4 rings (SSSR count). The highest BCUT2D eigenvalue weighted by molar-refractivity contribution is 7.10. The third-order valence-corrected chi connectivity index (χ3v) is 6.73. The number of aryl methyl sites for hydroxylation is 1. The number of nitrogens with zero attached hydrogens (tertiary/aromatic N) is 2. The topological polar surface area (TPSA) is 40.6 Å². The van der Waals surface area contributed by atoms with Gasteiger partial charge in [0.25, 0.3) is 5.91 Å². The van der Waals surface area contributed by atoms with E-state index in [1.807, 2.05) is 30.5 Å². The molecule has 1 aromatic heterocycles. The fraction of sp³-hybridized carbons (Fsp3) is 0.231. The molecule has 1 atom stereocenters. The highest BCUT2D eigenvalue weighted by Crippen LogP contribution is 2.38. The van der Waals surface area contributed by atoms with Crippen LogP contribution in [-0.2, 0) is 11.2 Å². The van der Waals surface area contributed by atoms with Crippen LogP contribution in [0.5, 0.6) is 0 Å². The zero-order chi connectivity index (χ0) is 22.7. The van der Waals surface area contributed by atoms with E-state index < -0.39 is 0 Å². The van der Waals surface area contributed by atoms with Crippen molar-refractivity contribution in [2.45, 2.75) is 19.4 Å². The fourth-order valence-electron chi connectivity index (χ4n) is 4.10. The number of thiophene rings is 1. The minimum absolute atomic E-state index is 0.0457. The SMILES string of the molecule is C=CCN(CC(=O)N1CCc2sccc2C1c1ccc(F)cc1)C(=O)c1ccc(C)cc1. The van der Waals surface area contributed by atoms with Crippen LogP contribution >= 0.6 is 11.3 Å². The van der Waals surface area contributed by atoms with Crippen molar-refractivity contribution in [3.05, 3.63) is 106 Å². The largest absolute Gasteiger partial charge is 0.330 e. The van der Waals surface area contributed by atoms with Crippen LogP contribution in [0.15, 0.2) is 72.6 Å². The lowest BCUT2D eigenvalue weighted by molar-refractivity contribution is -0.133. The number of rotatable bonds is 6. The minimum atomic E-state index is -0.311. The van der Waals surface area contributed by atoms with Gasteiger partial charge in [-0.3, -0.25) is 9.59 Å². The summed E-state index contributed by atoms with van der Waals surface area (Å²) in [7, 11) is 0. The number of halogens is 1. The average molecular weight is 449 g/mol. The number of benzene rings is 2. The molecule has 32 heavy (non-hydrogen) atoms. The lowest BCUT2D eigenvalue weighted by Crippen LogP contribution is -2.46. The smallest absolute Gasteiger partial charge is 0.254 e. The van der Waals surface area contributed by atoms with Crippen LogP contribution in [0.3, 0.4) is 0 Å². The van der Waals surface area contributed by atoms with E-state index in [4.69, 9.17) is 0 Å².